The molecule has 24 heavy (non-hydrogen) atoms. The second kappa shape index (κ2) is 7.62. The Labute approximate surface area is 143 Å². The van der Waals surface area contributed by atoms with Gasteiger partial charge in [-0.25, -0.2) is 0 Å². The maximum Gasteiger partial charge on any atom is 0.347 e. The molecule has 1 aliphatic rings. The van der Waals surface area contributed by atoms with Crippen LogP contribution in [-0.4, -0.2) is 24.4 Å². The molecule has 0 N–H and O–H groups in total. The fourth-order valence-electron chi connectivity index (χ4n) is 3.35. The maximum atomic E-state index is 13.1. The van der Waals surface area contributed by atoms with Gasteiger partial charge in [-0.3, -0.25) is 9.46 Å². The lowest BCUT2D eigenvalue weighted by Gasteiger charge is -2.44. The van der Waals surface area contributed by atoms with E-state index < -0.39 is 7.60 Å². The van der Waals surface area contributed by atoms with Gasteiger partial charge < -0.3 is 9.05 Å². The summed E-state index contributed by atoms with van der Waals surface area (Å²) >= 11 is 0. The molecule has 1 aliphatic heterocycles. The van der Waals surface area contributed by atoms with E-state index in [9.17, 15) is 4.57 Å². The molecule has 2 aromatic carbocycles. The van der Waals surface area contributed by atoms with Crippen molar-refractivity contribution in [3.8, 4) is 0 Å². The van der Waals surface area contributed by atoms with E-state index in [0.29, 0.717) is 13.0 Å². The Bertz CT molecular complexity index is 692. The Morgan fingerprint density at radius 1 is 1.12 bits per heavy atom. The van der Waals surface area contributed by atoms with Crippen molar-refractivity contribution < 1.29 is 13.6 Å². The van der Waals surface area contributed by atoms with Crippen LogP contribution < -0.4 is 0 Å². The third-order valence-electron chi connectivity index (χ3n) is 4.57. The summed E-state index contributed by atoms with van der Waals surface area (Å²) in [6, 6.07) is 20.6. The molecule has 4 nitrogen and oxygen atoms in total. The molecule has 0 spiro atoms. The fourth-order valence-corrected chi connectivity index (χ4v) is 5.27. The van der Waals surface area contributed by atoms with Gasteiger partial charge in [0.2, 0.25) is 0 Å². The first-order valence-electron chi connectivity index (χ1n) is 8.32. The van der Waals surface area contributed by atoms with Crippen LogP contribution >= 0.6 is 7.60 Å². The average molecular weight is 345 g/mol. The molecule has 1 unspecified atom stereocenters. The molecule has 2 aromatic rings. The number of rotatable bonds is 5. The zero-order chi connectivity index (χ0) is 17.0. The van der Waals surface area contributed by atoms with E-state index >= 15 is 0 Å². The highest BCUT2D eigenvalue weighted by Crippen LogP contribution is 2.60. The highest BCUT2D eigenvalue weighted by atomic mass is 31.2. The van der Waals surface area contributed by atoms with Crippen LogP contribution in [0.2, 0.25) is 0 Å². The zero-order valence-corrected chi connectivity index (χ0v) is 15.1. The summed E-state index contributed by atoms with van der Waals surface area (Å²) in [5, 5.41) is 0. The Morgan fingerprint density at radius 3 is 2.33 bits per heavy atom. The van der Waals surface area contributed by atoms with Crippen molar-refractivity contribution in [3.63, 3.8) is 0 Å². The third-order valence-corrected chi connectivity index (χ3v) is 6.98. The Balaban J connectivity index is 1.97. The maximum absolute atomic E-state index is 13.1. The van der Waals surface area contributed by atoms with Gasteiger partial charge in [-0.2, -0.15) is 0 Å². The lowest BCUT2D eigenvalue weighted by Crippen LogP contribution is -2.44. The summed E-state index contributed by atoms with van der Waals surface area (Å²) in [6.07, 6.45) is 0.710. The summed E-state index contributed by atoms with van der Waals surface area (Å²) in [7, 11) is -1.65. The number of nitrogens with zero attached hydrogens (tertiary/aromatic N) is 1. The molecule has 5 heteroatoms. The predicted octanol–water partition coefficient (Wildman–Crippen LogP) is 4.84. The molecule has 128 valence electrons. The second-order valence-corrected chi connectivity index (χ2v) is 8.29. The van der Waals surface area contributed by atoms with E-state index in [1.54, 1.807) is 0 Å². The topological polar surface area (TPSA) is 38.8 Å². The molecule has 3 atom stereocenters. The van der Waals surface area contributed by atoms with Crippen LogP contribution in [0.4, 0.5) is 0 Å². The minimum Gasteiger partial charge on any atom is -0.311 e. The predicted molar refractivity (Wildman–Crippen MR) is 95.8 cm³/mol. The largest absolute Gasteiger partial charge is 0.347 e. The van der Waals surface area contributed by atoms with Gasteiger partial charge in [0.25, 0.3) is 0 Å². The minimum atomic E-state index is -3.13. The van der Waals surface area contributed by atoms with Crippen LogP contribution in [0.15, 0.2) is 60.7 Å². The van der Waals surface area contributed by atoms with Crippen molar-refractivity contribution in [2.45, 2.75) is 31.7 Å². The molecule has 0 bridgehead atoms. The van der Waals surface area contributed by atoms with Gasteiger partial charge in [-0.15, -0.1) is 0 Å². The monoisotopic (exact) mass is 345 g/mol. The molecule has 0 radical (unpaired) electrons. The van der Waals surface area contributed by atoms with E-state index in [2.05, 4.69) is 29.2 Å². The summed E-state index contributed by atoms with van der Waals surface area (Å²) in [5.74, 6) is -0.248. The molecule has 3 rings (SSSR count). The second-order valence-electron chi connectivity index (χ2n) is 5.99. The van der Waals surface area contributed by atoms with Crippen LogP contribution in [-0.2, 0) is 20.2 Å². The molecule has 0 amide bonds. The molecular weight excluding hydrogens is 321 g/mol. The number of hydrogen-bond donors (Lipinski definition) is 0. The number of hydrogen-bond acceptors (Lipinski definition) is 4. The van der Waals surface area contributed by atoms with Gasteiger partial charge >= 0.3 is 7.60 Å². The van der Waals surface area contributed by atoms with E-state index in [1.807, 2.05) is 43.3 Å². The smallest absolute Gasteiger partial charge is 0.311 e. The van der Waals surface area contributed by atoms with Crippen LogP contribution in [0.1, 0.15) is 30.5 Å². The van der Waals surface area contributed by atoms with Crippen LogP contribution in [0, 0.1) is 0 Å². The van der Waals surface area contributed by atoms with Crippen molar-refractivity contribution in [2.75, 3.05) is 13.7 Å². The highest BCUT2D eigenvalue weighted by molar-refractivity contribution is 7.54. The van der Waals surface area contributed by atoms with Crippen molar-refractivity contribution in [1.82, 2.24) is 4.90 Å². The molecule has 0 aliphatic carbocycles. The van der Waals surface area contributed by atoms with Crippen LogP contribution in [0.5, 0.6) is 0 Å². The quantitative estimate of drug-likeness (QED) is 0.727. The summed E-state index contributed by atoms with van der Waals surface area (Å²) < 4.78 is 24.1. The van der Waals surface area contributed by atoms with Crippen LogP contribution in [0.25, 0.3) is 0 Å². The van der Waals surface area contributed by atoms with Crippen molar-refractivity contribution in [3.05, 3.63) is 71.8 Å². The summed E-state index contributed by atoms with van der Waals surface area (Å²) in [4.78, 5) is 2.28. The fraction of sp³-hybridized carbons (Fsp3) is 0.368. The Kier molecular flexibility index (Phi) is 5.52. The molecule has 1 saturated heterocycles. The minimum absolute atomic E-state index is 0.0635. The van der Waals surface area contributed by atoms with E-state index in [4.69, 9.17) is 9.05 Å². The summed E-state index contributed by atoms with van der Waals surface area (Å²) in [6.45, 7) is 3.12. The SMILES string of the molecule is CC[C@H]1N(Cc2ccccc2)[C@H](c2ccccc2)COP1(=O)OC. The Hall–Kier alpha value is -1.45. The first-order chi connectivity index (χ1) is 11.7. The summed E-state index contributed by atoms with van der Waals surface area (Å²) in [5.41, 5.74) is 2.37. The zero-order valence-electron chi connectivity index (χ0n) is 14.2. The lowest BCUT2D eigenvalue weighted by molar-refractivity contribution is 0.0465. The lowest BCUT2D eigenvalue weighted by atomic mass is 10.0. The van der Waals surface area contributed by atoms with E-state index in [0.717, 1.165) is 6.54 Å². The average Bonchev–Trinajstić information content (AvgIpc) is 2.64. The first-order valence-corrected chi connectivity index (χ1v) is 9.93. The number of benzene rings is 2. The van der Waals surface area contributed by atoms with Crippen molar-refractivity contribution in [1.29, 1.82) is 0 Å². The van der Waals surface area contributed by atoms with Crippen molar-refractivity contribution >= 4 is 7.60 Å². The van der Waals surface area contributed by atoms with E-state index in [-0.39, 0.29) is 11.8 Å². The van der Waals surface area contributed by atoms with E-state index in [1.165, 1.54) is 18.2 Å². The first kappa shape index (κ1) is 17.4. The van der Waals surface area contributed by atoms with Crippen molar-refractivity contribution in [2.24, 2.45) is 0 Å². The standard InChI is InChI=1S/C19H24NO3P/c1-3-19-20(14-16-10-6-4-7-11-16)18(15-23-24(19,21)22-2)17-12-8-5-9-13-17/h4-13,18-19H,3,14-15H2,1-2H3/t18-,19-,24?/m0/s1. The van der Waals surface area contributed by atoms with Gasteiger partial charge in [-0.1, -0.05) is 67.6 Å². The normalized spacial score (nSPS) is 27.9. The Morgan fingerprint density at radius 2 is 1.75 bits per heavy atom. The highest BCUT2D eigenvalue weighted by Gasteiger charge is 2.46. The molecule has 0 aromatic heterocycles. The molecule has 1 fully saturated rings. The van der Waals surface area contributed by atoms with Gasteiger partial charge in [-0.05, 0) is 17.5 Å². The third kappa shape index (κ3) is 3.47. The van der Waals surface area contributed by atoms with Gasteiger partial charge in [0.05, 0.1) is 12.6 Å². The van der Waals surface area contributed by atoms with Gasteiger partial charge in [0, 0.05) is 13.7 Å². The molecular formula is C19H24NO3P. The molecule has 1 heterocycles. The molecule has 0 saturated carbocycles. The van der Waals surface area contributed by atoms with Crippen LogP contribution in [0.3, 0.4) is 0 Å². The van der Waals surface area contributed by atoms with Gasteiger partial charge in [0.15, 0.2) is 0 Å². The van der Waals surface area contributed by atoms with Gasteiger partial charge in [0.1, 0.15) is 5.78 Å².